The Morgan fingerprint density at radius 1 is 1.19 bits per heavy atom. The van der Waals surface area contributed by atoms with E-state index < -0.39 is 6.10 Å². The fourth-order valence-corrected chi connectivity index (χ4v) is 2.10. The molecule has 0 spiro atoms. The van der Waals surface area contributed by atoms with E-state index in [0.29, 0.717) is 24.4 Å². The van der Waals surface area contributed by atoms with Gasteiger partial charge in [0.15, 0.2) is 0 Å². The van der Waals surface area contributed by atoms with E-state index in [9.17, 15) is 5.11 Å². The molecule has 0 radical (unpaired) electrons. The van der Waals surface area contributed by atoms with Gasteiger partial charge in [0, 0.05) is 18.7 Å². The van der Waals surface area contributed by atoms with Crippen LogP contribution in [-0.2, 0) is 6.54 Å². The molecule has 1 unspecified atom stereocenters. The van der Waals surface area contributed by atoms with E-state index in [1.54, 1.807) is 19.2 Å². The fraction of sp³-hybridized carbons (Fsp3) is 0.235. The molecule has 2 aromatic carbocycles. The van der Waals surface area contributed by atoms with Crippen LogP contribution in [0.25, 0.3) is 0 Å². The van der Waals surface area contributed by atoms with Gasteiger partial charge in [0.05, 0.1) is 24.8 Å². The molecular formula is C17H18N2O2. The van der Waals surface area contributed by atoms with Gasteiger partial charge in [0.1, 0.15) is 5.75 Å². The second-order valence-electron chi connectivity index (χ2n) is 4.70. The van der Waals surface area contributed by atoms with Gasteiger partial charge in [-0.3, -0.25) is 0 Å². The number of hydrogen-bond donors (Lipinski definition) is 2. The minimum Gasteiger partial charge on any atom is -0.496 e. The first-order valence-electron chi connectivity index (χ1n) is 6.75. The highest BCUT2D eigenvalue weighted by atomic mass is 16.5. The summed E-state index contributed by atoms with van der Waals surface area (Å²) in [6, 6.07) is 16.9. The Bertz CT molecular complexity index is 617. The summed E-state index contributed by atoms with van der Waals surface area (Å²) < 4.78 is 5.24. The molecule has 0 heterocycles. The molecular weight excluding hydrogens is 264 g/mol. The van der Waals surface area contributed by atoms with Gasteiger partial charge < -0.3 is 15.2 Å². The molecule has 0 aromatic heterocycles. The van der Waals surface area contributed by atoms with Gasteiger partial charge >= 0.3 is 0 Å². The van der Waals surface area contributed by atoms with E-state index in [2.05, 4.69) is 11.4 Å². The highest BCUT2D eigenvalue weighted by Gasteiger charge is 2.11. The normalized spacial score (nSPS) is 11.7. The van der Waals surface area contributed by atoms with E-state index in [0.717, 1.165) is 11.1 Å². The van der Waals surface area contributed by atoms with Crippen LogP contribution in [0.3, 0.4) is 0 Å². The monoisotopic (exact) mass is 282 g/mol. The van der Waals surface area contributed by atoms with Crippen LogP contribution in [0.1, 0.15) is 22.8 Å². The van der Waals surface area contributed by atoms with Gasteiger partial charge in [0.2, 0.25) is 0 Å². The van der Waals surface area contributed by atoms with Gasteiger partial charge in [-0.25, -0.2) is 0 Å². The first-order valence-corrected chi connectivity index (χ1v) is 6.75. The zero-order valence-corrected chi connectivity index (χ0v) is 11.9. The summed E-state index contributed by atoms with van der Waals surface area (Å²) in [5.41, 5.74) is 2.49. The Balaban J connectivity index is 1.89. The molecule has 0 aliphatic heterocycles. The summed E-state index contributed by atoms with van der Waals surface area (Å²) in [6.45, 7) is 1.07. The van der Waals surface area contributed by atoms with Crippen molar-refractivity contribution in [2.75, 3.05) is 13.7 Å². The predicted octanol–water partition coefficient (Wildman–Crippen LogP) is 2.39. The highest BCUT2D eigenvalue weighted by molar-refractivity contribution is 5.35. The highest BCUT2D eigenvalue weighted by Crippen LogP contribution is 2.24. The van der Waals surface area contributed by atoms with Gasteiger partial charge in [-0.2, -0.15) is 5.26 Å². The topological polar surface area (TPSA) is 65.3 Å². The maximum atomic E-state index is 10.2. The van der Waals surface area contributed by atoms with Crippen molar-refractivity contribution in [2.24, 2.45) is 0 Å². The van der Waals surface area contributed by atoms with Crippen molar-refractivity contribution >= 4 is 0 Å². The zero-order chi connectivity index (χ0) is 15.1. The average molecular weight is 282 g/mol. The summed E-state index contributed by atoms with van der Waals surface area (Å²) in [4.78, 5) is 0. The van der Waals surface area contributed by atoms with Crippen molar-refractivity contribution in [3.63, 3.8) is 0 Å². The van der Waals surface area contributed by atoms with Crippen LogP contribution in [0, 0.1) is 11.3 Å². The third-order valence-electron chi connectivity index (χ3n) is 3.25. The minimum absolute atomic E-state index is 0.431. The number of ether oxygens (including phenoxy) is 1. The van der Waals surface area contributed by atoms with Crippen molar-refractivity contribution in [2.45, 2.75) is 12.6 Å². The lowest BCUT2D eigenvalue weighted by Gasteiger charge is -2.15. The molecule has 0 aliphatic carbocycles. The van der Waals surface area contributed by atoms with Crippen molar-refractivity contribution in [3.05, 3.63) is 65.2 Å². The molecule has 2 rings (SSSR count). The van der Waals surface area contributed by atoms with E-state index in [-0.39, 0.29) is 0 Å². The molecule has 21 heavy (non-hydrogen) atoms. The van der Waals surface area contributed by atoms with E-state index in [1.165, 1.54) is 0 Å². The average Bonchev–Trinajstić information content (AvgIpc) is 2.55. The molecule has 4 nitrogen and oxygen atoms in total. The summed E-state index contributed by atoms with van der Waals surface area (Å²) in [7, 11) is 1.59. The van der Waals surface area contributed by atoms with Gasteiger partial charge in [-0.1, -0.05) is 30.3 Å². The van der Waals surface area contributed by atoms with Crippen LogP contribution in [0.5, 0.6) is 5.75 Å². The zero-order valence-electron chi connectivity index (χ0n) is 11.9. The molecule has 4 heteroatoms. The number of hydrogen-bond acceptors (Lipinski definition) is 4. The lowest BCUT2D eigenvalue weighted by Crippen LogP contribution is -2.21. The molecule has 0 saturated carbocycles. The number of nitriles is 1. The summed E-state index contributed by atoms with van der Waals surface area (Å²) in [6.07, 6.45) is -0.625. The summed E-state index contributed by atoms with van der Waals surface area (Å²) >= 11 is 0. The molecule has 108 valence electrons. The number of nitrogens with one attached hydrogen (secondary N) is 1. The number of nitrogens with zero attached hydrogens (tertiary/aromatic N) is 1. The third kappa shape index (κ3) is 4.06. The Hall–Kier alpha value is -2.35. The van der Waals surface area contributed by atoms with E-state index >= 15 is 0 Å². The molecule has 0 fully saturated rings. The molecule has 2 aromatic rings. The van der Waals surface area contributed by atoms with E-state index in [1.807, 2.05) is 36.4 Å². The van der Waals surface area contributed by atoms with Crippen LogP contribution in [0.15, 0.2) is 48.5 Å². The predicted molar refractivity (Wildman–Crippen MR) is 80.8 cm³/mol. The Morgan fingerprint density at radius 2 is 1.90 bits per heavy atom. The molecule has 0 saturated heterocycles. The summed E-state index contributed by atoms with van der Waals surface area (Å²) in [5, 5.41) is 22.1. The standard InChI is InChI=1S/C17H18N2O2/c1-21-17-5-3-2-4-15(17)16(20)12-19-11-14-8-6-13(10-18)7-9-14/h2-9,16,19-20H,11-12H2,1H3. The van der Waals surface area contributed by atoms with Gasteiger partial charge in [-0.15, -0.1) is 0 Å². The van der Waals surface area contributed by atoms with Crippen LogP contribution in [-0.4, -0.2) is 18.8 Å². The second kappa shape index (κ2) is 7.44. The Morgan fingerprint density at radius 3 is 2.57 bits per heavy atom. The number of aliphatic hydroxyl groups excluding tert-OH is 1. The molecule has 2 N–H and O–H groups in total. The summed E-state index contributed by atoms with van der Waals surface area (Å²) in [5.74, 6) is 0.685. The van der Waals surface area contributed by atoms with Crippen LogP contribution in [0.4, 0.5) is 0 Å². The number of para-hydroxylation sites is 1. The quantitative estimate of drug-likeness (QED) is 0.854. The van der Waals surface area contributed by atoms with Crippen molar-refractivity contribution in [1.29, 1.82) is 5.26 Å². The maximum absolute atomic E-state index is 10.2. The van der Waals surface area contributed by atoms with Gasteiger partial charge in [-0.05, 0) is 23.8 Å². The Kier molecular flexibility index (Phi) is 5.33. The van der Waals surface area contributed by atoms with Crippen LogP contribution >= 0.6 is 0 Å². The van der Waals surface area contributed by atoms with Crippen LogP contribution < -0.4 is 10.1 Å². The second-order valence-corrected chi connectivity index (χ2v) is 4.70. The SMILES string of the molecule is COc1ccccc1C(O)CNCc1ccc(C#N)cc1. The minimum atomic E-state index is -0.625. The largest absolute Gasteiger partial charge is 0.496 e. The first-order chi connectivity index (χ1) is 10.2. The molecule has 0 amide bonds. The van der Waals surface area contributed by atoms with Crippen molar-refractivity contribution in [3.8, 4) is 11.8 Å². The van der Waals surface area contributed by atoms with Crippen LogP contribution in [0.2, 0.25) is 0 Å². The first kappa shape index (κ1) is 15.0. The van der Waals surface area contributed by atoms with Gasteiger partial charge in [0.25, 0.3) is 0 Å². The molecule has 0 aliphatic rings. The molecule has 0 bridgehead atoms. The maximum Gasteiger partial charge on any atom is 0.124 e. The Labute approximate surface area is 124 Å². The van der Waals surface area contributed by atoms with E-state index in [4.69, 9.17) is 10.00 Å². The fourth-order valence-electron chi connectivity index (χ4n) is 2.10. The third-order valence-corrected chi connectivity index (χ3v) is 3.25. The van der Waals surface area contributed by atoms with Crippen molar-refractivity contribution in [1.82, 2.24) is 5.32 Å². The number of rotatable bonds is 6. The van der Waals surface area contributed by atoms with Crippen molar-refractivity contribution < 1.29 is 9.84 Å². The number of aliphatic hydroxyl groups is 1. The number of benzene rings is 2. The lowest BCUT2D eigenvalue weighted by atomic mass is 10.1. The molecule has 1 atom stereocenters. The smallest absolute Gasteiger partial charge is 0.124 e. The number of methoxy groups -OCH3 is 1. The lowest BCUT2D eigenvalue weighted by molar-refractivity contribution is 0.170.